The minimum absolute atomic E-state index is 0.291. The van der Waals surface area contributed by atoms with Crippen LogP contribution < -0.4 is 0 Å². The summed E-state index contributed by atoms with van der Waals surface area (Å²) in [5.41, 5.74) is 4.81. The molecule has 6 heteroatoms. The van der Waals surface area contributed by atoms with E-state index in [4.69, 9.17) is 16.6 Å². The fourth-order valence-corrected chi connectivity index (χ4v) is 5.07. The van der Waals surface area contributed by atoms with Gasteiger partial charge in [-0.1, -0.05) is 71.8 Å². The molecule has 0 bridgehead atoms. The van der Waals surface area contributed by atoms with Crippen molar-refractivity contribution in [2.75, 3.05) is 6.26 Å². The summed E-state index contributed by atoms with van der Waals surface area (Å²) in [5.74, 6) is 0. The number of benzene rings is 3. The maximum Gasteiger partial charge on any atom is 0.175 e. The predicted molar refractivity (Wildman–Crippen MR) is 121 cm³/mol. The van der Waals surface area contributed by atoms with E-state index < -0.39 is 9.84 Å². The summed E-state index contributed by atoms with van der Waals surface area (Å²) in [6.07, 6.45) is 1.21. The molecule has 3 nitrogen and oxygen atoms in total. The van der Waals surface area contributed by atoms with Crippen LogP contribution in [0.5, 0.6) is 0 Å². The number of rotatable bonds is 4. The standard InChI is InChI=1S/C23H18ClNO2S2/c1-15-7-9-17(10-8-15)22-21(16-11-13-18(14-12-16)29(2,26)27)25-23(28-22)19-5-3-4-6-20(19)24/h3-14H,1-2H3. The topological polar surface area (TPSA) is 47.0 Å². The van der Waals surface area contributed by atoms with Crippen LogP contribution in [0.15, 0.2) is 77.7 Å². The Morgan fingerprint density at radius 3 is 2.10 bits per heavy atom. The molecule has 0 saturated heterocycles. The monoisotopic (exact) mass is 439 g/mol. The van der Waals surface area contributed by atoms with Crippen LogP contribution in [-0.2, 0) is 9.84 Å². The van der Waals surface area contributed by atoms with Gasteiger partial charge in [0.05, 0.1) is 20.5 Å². The second-order valence-corrected chi connectivity index (χ2v) is 10.3. The van der Waals surface area contributed by atoms with Gasteiger partial charge < -0.3 is 0 Å². The van der Waals surface area contributed by atoms with Crippen molar-refractivity contribution in [1.29, 1.82) is 0 Å². The lowest BCUT2D eigenvalue weighted by molar-refractivity contribution is 0.602. The van der Waals surface area contributed by atoms with Gasteiger partial charge in [-0.3, -0.25) is 0 Å². The Morgan fingerprint density at radius 1 is 0.862 bits per heavy atom. The molecular formula is C23H18ClNO2S2. The van der Waals surface area contributed by atoms with Gasteiger partial charge in [0.25, 0.3) is 0 Å². The van der Waals surface area contributed by atoms with Gasteiger partial charge in [-0.2, -0.15) is 0 Å². The van der Waals surface area contributed by atoms with Crippen molar-refractivity contribution in [1.82, 2.24) is 4.98 Å². The zero-order valence-electron chi connectivity index (χ0n) is 15.9. The molecular weight excluding hydrogens is 422 g/mol. The van der Waals surface area contributed by atoms with E-state index in [-0.39, 0.29) is 0 Å². The Balaban J connectivity index is 1.89. The molecule has 0 unspecified atom stereocenters. The molecule has 0 fully saturated rings. The van der Waals surface area contributed by atoms with Crippen molar-refractivity contribution in [3.8, 4) is 32.3 Å². The largest absolute Gasteiger partial charge is 0.235 e. The first-order valence-electron chi connectivity index (χ1n) is 8.96. The highest BCUT2D eigenvalue weighted by Gasteiger charge is 2.18. The van der Waals surface area contributed by atoms with E-state index in [1.807, 2.05) is 24.3 Å². The number of thiazole rings is 1. The van der Waals surface area contributed by atoms with Crippen molar-refractivity contribution in [2.45, 2.75) is 11.8 Å². The predicted octanol–water partition coefficient (Wildman–Crippen LogP) is 6.51. The van der Waals surface area contributed by atoms with E-state index in [9.17, 15) is 8.42 Å². The summed E-state index contributed by atoms with van der Waals surface area (Å²) in [7, 11) is -3.25. The Hall–Kier alpha value is -2.47. The molecule has 3 aromatic carbocycles. The second kappa shape index (κ2) is 7.75. The number of aryl methyl sites for hydroxylation is 1. The highest BCUT2D eigenvalue weighted by atomic mass is 35.5. The first kappa shape index (κ1) is 19.8. The molecule has 0 radical (unpaired) electrons. The van der Waals surface area contributed by atoms with E-state index in [1.54, 1.807) is 35.6 Å². The third-order valence-corrected chi connectivity index (χ3v) is 7.20. The molecule has 0 aliphatic heterocycles. The van der Waals surface area contributed by atoms with Gasteiger partial charge in [0, 0.05) is 17.4 Å². The molecule has 0 spiro atoms. The average Bonchev–Trinajstić information content (AvgIpc) is 3.13. The molecule has 29 heavy (non-hydrogen) atoms. The molecule has 1 aromatic heterocycles. The SMILES string of the molecule is Cc1ccc(-c2sc(-c3ccccc3Cl)nc2-c2ccc(S(C)(=O)=O)cc2)cc1. The minimum Gasteiger partial charge on any atom is -0.235 e. The molecule has 0 saturated carbocycles. The van der Waals surface area contributed by atoms with E-state index in [2.05, 4.69) is 31.2 Å². The molecule has 0 N–H and O–H groups in total. The Labute approximate surface area is 179 Å². The van der Waals surface area contributed by atoms with Gasteiger partial charge in [0.2, 0.25) is 0 Å². The number of hydrogen-bond donors (Lipinski definition) is 0. The van der Waals surface area contributed by atoms with E-state index in [0.717, 1.165) is 32.3 Å². The molecule has 4 rings (SSSR count). The van der Waals surface area contributed by atoms with Crippen LogP contribution in [0.2, 0.25) is 5.02 Å². The van der Waals surface area contributed by atoms with Crippen molar-refractivity contribution in [3.63, 3.8) is 0 Å². The first-order valence-corrected chi connectivity index (χ1v) is 12.0. The Bertz CT molecular complexity index is 1280. The normalized spacial score (nSPS) is 11.6. The molecule has 4 aromatic rings. The fourth-order valence-electron chi connectivity index (χ4n) is 3.03. The second-order valence-electron chi connectivity index (χ2n) is 6.84. The number of hydrogen-bond acceptors (Lipinski definition) is 4. The Kier molecular flexibility index (Phi) is 5.30. The van der Waals surface area contributed by atoms with Crippen LogP contribution >= 0.6 is 22.9 Å². The molecule has 0 aliphatic rings. The third-order valence-electron chi connectivity index (χ3n) is 4.60. The number of nitrogens with zero attached hydrogens (tertiary/aromatic N) is 1. The van der Waals surface area contributed by atoms with Crippen molar-refractivity contribution >= 4 is 32.8 Å². The van der Waals surface area contributed by atoms with Gasteiger partial charge in [0.1, 0.15) is 5.01 Å². The molecule has 146 valence electrons. The summed E-state index contributed by atoms with van der Waals surface area (Å²) < 4.78 is 23.6. The first-order chi connectivity index (χ1) is 13.8. The van der Waals surface area contributed by atoms with Gasteiger partial charge >= 0.3 is 0 Å². The van der Waals surface area contributed by atoms with Crippen molar-refractivity contribution in [2.24, 2.45) is 0 Å². The van der Waals surface area contributed by atoms with Crippen LogP contribution in [0.3, 0.4) is 0 Å². The number of halogens is 1. The van der Waals surface area contributed by atoms with Crippen LogP contribution in [0.4, 0.5) is 0 Å². The summed E-state index contributed by atoms with van der Waals surface area (Å²) >= 11 is 7.98. The van der Waals surface area contributed by atoms with Crippen LogP contribution in [0.25, 0.3) is 32.3 Å². The molecule has 0 aliphatic carbocycles. The van der Waals surface area contributed by atoms with Gasteiger partial charge in [-0.25, -0.2) is 13.4 Å². The third kappa shape index (κ3) is 4.13. The zero-order chi connectivity index (χ0) is 20.6. The minimum atomic E-state index is -3.25. The maximum atomic E-state index is 11.8. The van der Waals surface area contributed by atoms with E-state index in [1.165, 1.54) is 11.8 Å². The van der Waals surface area contributed by atoms with E-state index in [0.29, 0.717) is 9.92 Å². The lowest BCUT2D eigenvalue weighted by Gasteiger charge is -2.05. The van der Waals surface area contributed by atoms with Crippen molar-refractivity contribution in [3.05, 3.63) is 83.4 Å². The summed E-state index contributed by atoms with van der Waals surface area (Å²) in [6.45, 7) is 2.05. The summed E-state index contributed by atoms with van der Waals surface area (Å²) in [6, 6.07) is 22.8. The lowest BCUT2D eigenvalue weighted by atomic mass is 10.1. The molecule has 1 heterocycles. The fraction of sp³-hybridized carbons (Fsp3) is 0.0870. The summed E-state index contributed by atoms with van der Waals surface area (Å²) in [4.78, 5) is 6.20. The van der Waals surface area contributed by atoms with Gasteiger partial charge in [0.15, 0.2) is 9.84 Å². The average molecular weight is 440 g/mol. The van der Waals surface area contributed by atoms with Gasteiger partial charge in [-0.15, -0.1) is 11.3 Å². The molecule has 0 atom stereocenters. The van der Waals surface area contributed by atoms with E-state index >= 15 is 0 Å². The lowest BCUT2D eigenvalue weighted by Crippen LogP contribution is -1.96. The quantitative estimate of drug-likeness (QED) is 0.364. The van der Waals surface area contributed by atoms with Crippen LogP contribution in [0.1, 0.15) is 5.56 Å². The maximum absolute atomic E-state index is 11.8. The van der Waals surface area contributed by atoms with Crippen molar-refractivity contribution < 1.29 is 8.42 Å². The number of aromatic nitrogens is 1. The highest BCUT2D eigenvalue weighted by Crippen LogP contribution is 2.42. The molecule has 0 amide bonds. The zero-order valence-corrected chi connectivity index (χ0v) is 18.3. The smallest absolute Gasteiger partial charge is 0.175 e. The highest BCUT2D eigenvalue weighted by molar-refractivity contribution is 7.90. The summed E-state index contributed by atoms with van der Waals surface area (Å²) in [5, 5.41) is 1.48. The number of sulfone groups is 1. The van der Waals surface area contributed by atoms with Crippen LogP contribution in [0, 0.1) is 6.92 Å². The van der Waals surface area contributed by atoms with Gasteiger partial charge in [-0.05, 0) is 30.7 Å². The Morgan fingerprint density at radius 2 is 1.48 bits per heavy atom. The van der Waals surface area contributed by atoms with Crippen LogP contribution in [-0.4, -0.2) is 19.7 Å².